The Labute approximate surface area is 79.2 Å². The Morgan fingerprint density at radius 3 is 3.00 bits per heavy atom. The molecule has 0 radical (unpaired) electrons. The van der Waals surface area contributed by atoms with Gasteiger partial charge in [-0.05, 0) is 49.4 Å². The third-order valence-electron chi connectivity index (χ3n) is 4.37. The predicted molar refractivity (Wildman–Crippen MR) is 51.2 cm³/mol. The van der Waals surface area contributed by atoms with Gasteiger partial charge in [0.15, 0.2) is 0 Å². The lowest BCUT2D eigenvalue weighted by molar-refractivity contribution is -0.107. The number of carbonyl (C=O) groups excluding carboxylic acids is 1. The summed E-state index contributed by atoms with van der Waals surface area (Å²) in [4.78, 5) is 10.3. The van der Waals surface area contributed by atoms with E-state index in [2.05, 4.69) is 6.08 Å². The minimum atomic E-state index is 0.742. The van der Waals surface area contributed by atoms with Crippen LogP contribution in [-0.2, 0) is 4.79 Å². The molecular weight excluding hydrogens is 160 g/mol. The van der Waals surface area contributed by atoms with Gasteiger partial charge in [0.25, 0.3) is 0 Å². The van der Waals surface area contributed by atoms with Gasteiger partial charge in [-0.1, -0.05) is 11.6 Å². The maximum Gasteiger partial charge on any atom is 0.120 e. The van der Waals surface area contributed by atoms with Crippen molar-refractivity contribution in [3.05, 3.63) is 11.6 Å². The number of allylic oxidation sites excluding steroid dienone is 2. The van der Waals surface area contributed by atoms with Gasteiger partial charge in [-0.2, -0.15) is 0 Å². The number of rotatable bonds is 3. The van der Waals surface area contributed by atoms with Gasteiger partial charge in [-0.3, -0.25) is 0 Å². The van der Waals surface area contributed by atoms with Gasteiger partial charge >= 0.3 is 0 Å². The average molecular weight is 176 g/mol. The van der Waals surface area contributed by atoms with Crippen molar-refractivity contribution in [1.82, 2.24) is 0 Å². The molecule has 3 rings (SSSR count). The highest BCUT2D eigenvalue weighted by Crippen LogP contribution is 2.60. The molecule has 1 heteroatoms. The van der Waals surface area contributed by atoms with Crippen LogP contribution in [0, 0.1) is 23.7 Å². The molecule has 0 aliphatic heterocycles. The molecule has 2 saturated carbocycles. The zero-order chi connectivity index (χ0) is 8.84. The molecule has 0 aromatic rings. The molecule has 2 fully saturated rings. The maximum absolute atomic E-state index is 10.3. The van der Waals surface area contributed by atoms with E-state index in [1.165, 1.54) is 19.3 Å². The van der Waals surface area contributed by atoms with Crippen LogP contribution in [-0.4, -0.2) is 6.29 Å². The zero-order valence-electron chi connectivity index (χ0n) is 7.91. The molecule has 13 heavy (non-hydrogen) atoms. The van der Waals surface area contributed by atoms with Crippen LogP contribution in [0.25, 0.3) is 0 Å². The number of hydrogen-bond acceptors (Lipinski definition) is 1. The van der Waals surface area contributed by atoms with E-state index in [1.54, 1.807) is 5.57 Å². The van der Waals surface area contributed by atoms with E-state index in [1.807, 2.05) is 0 Å². The molecule has 70 valence electrons. The highest BCUT2D eigenvalue weighted by atomic mass is 16.1. The molecule has 3 aliphatic rings. The smallest absolute Gasteiger partial charge is 0.120 e. The Hall–Kier alpha value is -0.590. The summed E-state index contributed by atoms with van der Waals surface area (Å²) in [6, 6.07) is 0. The first-order valence-corrected chi connectivity index (χ1v) is 5.54. The Morgan fingerprint density at radius 1 is 1.38 bits per heavy atom. The molecule has 0 aromatic carbocycles. The molecule has 0 aromatic heterocycles. The average Bonchev–Trinajstić information content (AvgIpc) is 2.60. The van der Waals surface area contributed by atoms with E-state index in [0.29, 0.717) is 0 Å². The topological polar surface area (TPSA) is 17.1 Å². The summed E-state index contributed by atoms with van der Waals surface area (Å²) in [6.45, 7) is 0. The summed E-state index contributed by atoms with van der Waals surface area (Å²) in [5.41, 5.74) is 1.62. The fourth-order valence-electron chi connectivity index (χ4n) is 3.84. The standard InChI is InChI=1S/C12H16O/c13-5-1-2-9-7-11-8-3-4-10(6-8)12(9)11/h5,7-8,10-12H,1-4,6H2. The van der Waals surface area contributed by atoms with Crippen LogP contribution >= 0.6 is 0 Å². The third kappa shape index (κ3) is 0.962. The molecule has 4 unspecified atom stereocenters. The van der Waals surface area contributed by atoms with Crippen LogP contribution in [0.3, 0.4) is 0 Å². The predicted octanol–water partition coefficient (Wildman–Crippen LogP) is 2.57. The van der Waals surface area contributed by atoms with Gasteiger partial charge in [0.05, 0.1) is 0 Å². The normalized spacial score (nSPS) is 45.4. The van der Waals surface area contributed by atoms with Crippen LogP contribution in [0.15, 0.2) is 11.6 Å². The van der Waals surface area contributed by atoms with E-state index in [-0.39, 0.29) is 0 Å². The second kappa shape index (κ2) is 2.70. The Balaban J connectivity index is 1.71. The third-order valence-corrected chi connectivity index (χ3v) is 4.37. The summed E-state index contributed by atoms with van der Waals surface area (Å²) in [5, 5.41) is 0. The summed E-state index contributed by atoms with van der Waals surface area (Å²) in [7, 11) is 0. The van der Waals surface area contributed by atoms with Crippen LogP contribution in [0.4, 0.5) is 0 Å². The van der Waals surface area contributed by atoms with Gasteiger partial charge in [0.2, 0.25) is 0 Å². The van der Waals surface area contributed by atoms with E-state index in [9.17, 15) is 4.79 Å². The molecule has 0 amide bonds. The van der Waals surface area contributed by atoms with Crippen molar-refractivity contribution < 1.29 is 4.79 Å². The largest absolute Gasteiger partial charge is 0.303 e. The van der Waals surface area contributed by atoms with Gasteiger partial charge in [-0.25, -0.2) is 0 Å². The van der Waals surface area contributed by atoms with Crippen molar-refractivity contribution in [2.45, 2.75) is 32.1 Å². The highest BCUT2D eigenvalue weighted by Gasteiger charge is 2.51. The van der Waals surface area contributed by atoms with Gasteiger partial charge < -0.3 is 4.79 Å². The van der Waals surface area contributed by atoms with Crippen LogP contribution in [0.2, 0.25) is 0 Å². The maximum atomic E-state index is 10.3. The van der Waals surface area contributed by atoms with Crippen LogP contribution < -0.4 is 0 Å². The SMILES string of the molecule is O=CCCC1=CC2C3CCC(C3)C12. The van der Waals surface area contributed by atoms with E-state index < -0.39 is 0 Å². The first-order chi connectivity index (χ1) is 6.40. The Bertz CT molecular complexity index is 266. The monoisotopic (exact) mass is 176 g/mol. The fraction of sp³-hybridized carbons (Fsp3) is 0.750. The minimum absolute atomic E-state index is 0.742. The molecule has 0 spiro atoms. The lowest BCUT2D eigenvalue weighted by Gasteiger charge is -2.39. The number of aldehydes is 1. The zero-order valence-corrected chi connectivity index (χ0v) is 7.91. The van der Waals surface area contributed by atoms with Crippen LogP contribution in [0.1, 0.15) is 32.1 Å². The van der Waals surface area contributed by atoms with Crippen molar-refractivity contribution in [3.63, 3.8) is 0 Å². The van der Waals surface area contributed by atoms with Gasteiger partial charge in [0.1, 0.15) is 6.29 Å². The van der Waals surface area contributed by atoms with E-state index in [0.717, 1.165) is 42.8 Å². The van der Waals surface area contributed by atoms with Crippen LogP contribution in [0.5, 0.6) is 0 Å². The first-order valence-electron chi connectivity index (χ1n) is 5.54. The number of hydrogen-bond donors (Lipinski definition) is 0. The molecule has 1 nitrogen and oxygen atoms in total. The second-order valence-electron chi connectivity index (χ2n) is 4.88. The highest BCUT2D eigenvalue weighted by molar-refractivity contribution is 5.50. The molecular formula is C12H16O. The lowest BCUT2D eigenvalue weighted by atomic mass is 9.65. The van der Waals surface area contributed by atoms with Gasteiger partial charge in [-0.15, -0.1) is 0 Å². The van der Waals surface area contributed by atoms with Crippen molar-refractivity contribution in [1.29, 1.82) is 0 Å². The number of fused-ring (bicyclic) bond motifs is 5. The molecule has 0 heterocycles. The number of carbonyl (C=O) groups is 1. The fourth-order valence-corrected chi connectivity index (χ4v) is 3.84. The van der Waals surface area contributed by atoms with Crippen molar-refractivity contribution in [2.75, 3.05) is 0 Å². The molecule has 2 bridgehead atoms. The molecule has 0 saturated heterocycles. The summed E-state index contributed by atoms with van der Waals surface area (Å²) >= 11 is 0. The van der Waals surface area contributed by atoms with Gasteiger partial charge in [0, 0.05) is 6.42 Å². The Kier molecular flexibility index (Phi) is 1.61. The summed E-state index contributed by atoms with van der Waals surface area (Å²) in [6.07, 6.45) is 9.74. The first kappa shape index (κ1) is 7.78. The Morgan fingerprint density at radius 2 is 2.23 bits per heavy atom. The molecule has 0 N–H and O–H groups in total. The second-order valence-corrected chi connectivity index (χ2v) is 4.88. The quantitative estimate of drug-likeness (QED) is 0.477. The lowest BCUT2D eigenvalue weighted by Crippen LogP contribution is -2.30. The van der Waals surface area contributed by atoms with Crippen molar-refractivity contribution in [3.8, 4) is 0 Å². The molecule has 3 aliphatic carbocycles. The van der Waals surface area contributed by atoms with E-state index in [4.69, 9.17) is 0 Å². The molecule has 4 atom stereocenters. The summed E-state index contributed by atoms with van der Waals surface area (Å²) < 4.78 is 0. The van der Waals surface area contributed by atoms with E-state index >= 15 is 0 Å². The minimum Gasteiger partial charge on any atom is -0.303 e. The summed E-state index contributed by atoms with van der Waals surface area (Å²) in [5.74, 6) is 3.87. The van der Waals surface area contributed by atoms with Crippen molar-refractivity contribution >= 4 is 6.29 Å². The van der Waals surface area contributed by atoms with Crippen molar-refractivity contribution in [2.24, 2.45) is 23.7 Å².